The zero-order chi connectivity index (χ0) is 15.2. The molecule has 1 aromatic rings. The van der Waals surface area contributed by atoms with Gasteiger partial charge in [0.25, 0.3) is 0 Å². The van der Waals surface area contributed by atoms with Gasteiger partial charge in [-0.1, -0.05) is 19.9 Å². The van der Waals surface area contributed by atoms with Crippen LogP contribution in [0, 0.1) is 6.92 Å². The smallest absolute Gasteiger partial charge is 0.119 e. The molecule has 3 nitrogen and oxygen atoms in total. The van der Waals surface area contributed by atoms with Crippen LogP contribution in [0.3, 0.4) is 0 Å². The molecule has 0 aliphatic carbocycles. The molecule has 1 N–H and O–H groups in total. The quantitative estimate of drug-likeness (QED) is 0.871. The minimum absolute atomic E-state index is 0.576. The molecule has 1 aliphatic heterocycles. The minimum atomic E-state index is 0.576. The Bertz CT molecular complexity index is 437. The Morgan fingerprint density at radius 1 is 1.29 bits per heavy atom. The van der Waals surface area contributed by atoms with E-state index in [-0.39, 0.29) is 0 Å². The van der Waals surface area contributed by atoms with Crippen LogP contribution < -0.4 is 10.1 Å². The summed E-state index contributed by atoms with van der Waals surface area (Å²) in [7, 11) is 2.06. The maximum absolute atomic E-state index is 5.92. The molecule has 0 atom stereocenters. The van der Waals surface area contributed by atoms with Crippen LogP contribution >= 0.6 is 0 Å². The van der Waals surface area contributed by atoms with Crippen molar-refractivity contribution in [1.29, 1.82) is 0 Å². The predicted octanol–water partition coefficient (Wildman–Crippen LogP) is 3.18. The van der Waals surface area contributed by atoms with Crippen LogP contribution in [0.1, 0.15) is 43.7 Å². The largest absolute Gasteiger partial charge is 0.492 e. The second-order valence-electron chi connectivity index (χ2n) is 6.43. The average molecular weight is 290 g/mol. The Morgan fingerprint density at radius 2 is 2.00 bits per heavy atom. The molecular formula is C18H30N2O. The predicted molar refractivity (Wildman–Crippen MR) is 89.3 cm³/mol. The molecule has 0 aromatic heterocycles. The average Bonchev–Trinajstić information content (AvgIpc) is 2.47. The van der Waals surface area contributed by atoms with Gasteiger partial charge in [-0.2, -0.15) is 0 Å². The number of piperidine rings is 1. The monoisotopic (exact) mass is 290 g/mol. The highest BCUT2D eigenvalue weighted by Gasteiger charge is 2.17. The lowest BCUT2D eigenvalue weighted by atomic mass is 9.98. The summed E-state index contributed by atoms with van der Waals surface area (Å²) in [5.41, 5.74) is 2.74. The first-order chi connectivity index (χ1) is 10.1. The molecule has 3 heteroatoms. The number of aryl methyl sites for hydroxylation is 1. The summed E-state index contributed by atoms with van der Waals surface area (Å²) < 4.78 is 5.92. The van der Waals surface area contributed by atoms with Crippen molar-refractivity contribution in [3.05, 3.63) is 29.3 Å². The summed E-state index contributed by atoms with van der Waals surface area (Å²) in [4.78, 5) is 2.50. The highest BCUT2D eigenvalue weighted by molar-refractivity contribution is 5.36. The van der Waals surface area contributed by atoms with Gasteiger partial charge in [-0.05, 0) is 69.1 Å². The SMILES string of the molecule is CNC1CCN(CCOc2ccc(C(C)C)c(C)c2)CC1. The van der Waals surface area contributed by atoms with Crippen molar-refractivity contribution in [2.45, 2.75) is 45.6 Å². The van der Waals surface area contributed by atoms with Crippen molar-refractivity contribution in [2.24, 2.45) is 0 Å². The van der Waals surface area contributed by atoms with E-state index >= 15 is 0 Å². The van der Waals surface area contributed by atoms with Crippen LogP contribution in [0.25, 0.3) is 0 Å². The Morgan fingerprint density at radius 3 is 2.57 bits per heavy atom. The second kappa shape index (κ2) is 7.81. The van der Waals surface area contributed by atoms with E-state index in [4.69, 9.17) is 4.74 Å². The summed E-state index contributed by atoms with van der Waals surface area (Å²) in [6.07, 6.45) is 2.50. The van der Waals surface area contributed by atoms with Crippen LogP contribution in [0.5, 0.6) is 5.75 Å². The molecule has 0 amide bonds. The number of nitrogens with zero attached hydrogens (tertiary/aromatic N) is 1. The molecule has 0 unspecified atom stereocenters. The molecule has 0 spiro atoms. The topological polar surface area (TPSA) is 24.5 Å². The zero-order valence-electron chi connectivity index (χ0n) is 14.0. The number of ether oxygens (including phenoxy) is 1. The van der Waals surface area contributed by atoms with Crippen molar-refractivity contribution in [2.75, 3.05) is 33.3 Å². The van der Waals surface area contributed by atoms with Crippen LogP contribution in [0.15, 0.2) is 18.2 Å². The molecular weight excluding hydrogens is 260 g/mol. The molecule has 0 radical (unpaired) electrons. The number of benzene rings is 1. The third kappa shape index (κ3) is 4.72. The van der Waals surface area contributed by atoms with Gasteiger partial charge in [-0.25, -0.2) is 0 Å². The van der Waals surface area contributed by atoms with Crippen LogP contribution in [-0.4, -0.2) is 44.2 Å². The van der Waals surface area contributed by atoms with Crippen molar-refractivity contribution in [1.82, 2.24) is 10.2 Å². The Labute approximate surface area is 129 Å². The molecule has 21 heavy (non-hydrogen) atoms. The molecule has 1 aliphatic rings. The van der Waals surface area contributed by atoms with Crippen molar-refractivity contribution < 1.29 is 4.74 Å². The standard InChI is InChI=1S/C18H30N2O/c1-14(2)18-6-5-17(13-15(18)3)21-12-11-20-9-7-16(19-4)8-10-20/h5-6,13-14,16,19H,7-12H2,1-4H3. The number of hydrogen-bond acceptors (Lipinski definition) is 3. The van der Waals surface area contributed by atoms with E-state index < -0.39 is 0 Å². The Kier molecular flexibility index (Phi) is 6.07. The van der Waals surface area contributed by atoms with E-state index in [9.17, 15) is 0 Å². The molecule has 0 saturated carbocycles. The van der Waals surface area contributed by atoms with E-state index in [0.717, 1.165) is 18.9 Å². The van der Waals surface area contributed by atoms with Crippen molar-refractivity contribution in [3.63, 3.8) is 0 Å². The Hall–Kier alpha value is -1.06. The second-order valence-corrected chi connectivity index (χ2v) is 6.43. The number of likely N-dealkylation sites (tertiary alicyclic amines) is 1. The molecule has 2 rings (SSSR count). The number of rotatable bonds is 6. The zero-order valence-corrected chi connectivity index (χ0v) is 14.0. The van der Waals surface area contributed by atoms with Crippen LogP contribution in [0.4, 0.5) is 0 Å². The van der Waals surface area contributed by atoms with Crippen LogP contribution in [-0.2, 0) is 0 Å². The van der Waals surface area contributed by atoms with Gasteiger partial charge >= 0.3 is 0 Å². The van der Waals surface area contributed by atoms with E-state index in [1.165, 1.54) is 37.1 Å². The maximum atomic E-state index is 5.92. The highest BCUT2D eigenvalue weighted by atomic mass is 16.5. The molecule has 1 saturated heterocycles. The molecule has 1 fully saturated rings. The van der Waals surface area contributed by atoms with Crippen LogP contribution in [0.2, 0.25) is 0 Å². The highest BCUT2D eigenvalue weighted by Crippen LogP contribution is 2.23. The molecule has 1 heterocycles. The number of nitrogens with one attached hydrogen (secondary N) is 1. The lowest BCUT2D eigenvalue weighted by Crippen LogP contribution is -2.42. The van der Waals surface area contributed by atoms with Gasteiger partial charge in [-0.3, -0.25) is 4.90 Å². The molecule has 1 aromatic carbocycles. The van der Waals surface area contributed by atoms with E-state index in [2.05, 4.69) is 56.2 Å². The first-order valence-electron chi connectivity index (χ1n) is 8.23. The number of hydrogen-bond donors (Lipinski definition) is 1. The summed E-state index contributed by atoms with van der Waals surface area (Å²) in [5.74, 6) is 1.58. The van der Waals surface area contributed by atoms with E-state index in [0.29, 0.717) is 12.0 Å². The minimum Gasteiger partial charge on any atom is -0.492 e. The van der Waals surface area contributed by atoms with Crippen molar-refractivity contribution >= 4 is 0 Å². The van der Waals surface area contributed by atoms with Gasteiger partial charge in [0, 0.05) is 12.6 Å². The van der Waals surface area contributed by atoms with Gasteiger partial charge in [0.2, 0.25) is 0 Å². The first kappa shape index (κ1) is 16.3. The third-order valence-corrected chi connectivity index (χ3v) is 4.54. The summed E-state index contributed by atoms with van der Waals surface area (Å²) in [6, 6.07) is 7.18. The summed E-state index contributed by atoms with van der Waals surface area (Å²) >= 11 is 0. The van der Waals surface area contributed by atoms with E-state index in [1.807, 2.05) is 0 Å². The van der Waals surface area contributed by atoms with E-state index in [1.54, 1.807) is 0 Å². The van der Waals surface area contributed by atoms with Gasteiger partial charge in [-0.15, -0.1) is 0 Å². The summed E-state index contributed by atoms with van der Waals surface area (Å²) in [6.45, 7) is 10.8. The summed E-state index contributed by atoms with van der Waals surface area (Å²) in [5, 5.41) is 3.37. The third-order valence-electron chi connectivity index (χ3n) is 4.54. The maximum Gasteiger partial charge on any atom is 0.119 e. The first-order valence-corrected chi connectivity index (χ1v) is 8.23. The van der Waals surface area contributed by atoms with Gasteiger partial charge in [0.15, 0.2) is 0 Å². The fourth-order valence-electron chi connectivity index (χ4n) is 3.12. The van der Waals surface area contributed by atoms with Gasteiger partial charge in [0.1, 0.15) is 12.4 Å². The Balaban J connectivity index is 1.75. The lowest BCUT2D eigenvalue weighted by molar-refractivity contribution is 0.167. The normalized spacial score (nSPS) is 17.4. The molecule has 118 valence electrons. The van der Waals surface area contributed by atoms with Crippen molar-refractivity contribution in [3.8, 4) is 5.75 Å². The fraction of sp³-hybridized carbons (Fsp3) is 0.667. The molecule has 0 bridgehead atoms. The fourth-order valence-corrected chi connectivity index (χ4v) is 3.12. The van der Waals surface area contributed by atoms with Gasteiger partial charge in [0.05, 0.1) is 0 Å². The lowest BCUT2D eigenvalue weighted by Gasteiger charge is -2.31. The van der Waals surface area contributed by atoms with Gasteiger partial charge < -0.3 is 10.1 Å².